The molecule has 1 aromatic rings. The van der Waals surface area contributed by atoms with Gasteiger partial charge in [0.2, 0.25) is 0 Å². The van der Waals surface area contributed by atoms with E-state index in [4.69, 9.17) is 5.73 Å². The molecule has 0 unspecified atom stereocenters. The topological polar surface area (TPSA) is 26.0 Å². The van der Waals surface area contributed by atoms with E-state index in [1.54, 1.807) is 0 Å². The van der Waals surface area contributed by atoms with Crippen LogP contribution in [0.5, 0.6) is 0 Å². The van der Waals surface area contributed by atoms with Crippen LogP contribution in [0.2, 0.25) is 0 Å². The molecule has 0 bridgehead atoms. The van der Waals surface area contributed by atoms with Crippen LogP contribution in [0.1, 0.15) is 12.5 Å². The fraction of sp³-hybridized carbons (Fsp3) is 0.333. The van der Waals surface area contributed by atoms with Crippen LogP contribution in [0.25, 0.3) is 0 Å². The van der Waals surface area contributed by atoms with E-state index in [0.29, 0.717) is 6.54 Å². The average molecular weight is 244 g/mol. The molecule has 1 nitrogen and oxygen atoms in total. The number of halogens is 1. The molecule has 1 aromatic carbocycles. The summed E-state index contributed by atoms with van der Waals surface area (Å²) in [7, 11) is 0. The van der Waals surface area contributed by atoms with Gasteiger partial charge in [0.25, 0.3) is 0 Å². The SMILES string of the molecule is CC(=CCN)CSc1ccc(C)cc1.Cl. The number of hydrogen-bond donors (Lipinski definition) is 1. The highest BCUT2D eigenvalue weighted by Gasteiger charge is 1.94. The van der Waals surface area contributed by atoms with Crippen LogP contribution in [0.15, 0.2) is 40.8 Å². The molecule has 2 N–H and O–H groups in total. The Morgan fingerprint density at radius 2 is 1.93 bits per heavy atom. The summed E-state index contributed by atoms with van der Waals surface area (Å²) >= 11 is 1.85. The Morgan fingerprint density at radius 3 is 2.47 bits per heavy atom. The maximum absolute atomic E-state index is 5.43. The van der Waals surface area contributed by atoms with E-state index in [9.17, 15) is 0 Å². The van der Waals surface area contributed by atoms with Crippen molar-refractivity contribution in [3.05, 3.63) is 41.5 Å². The molecule has 0 heterocycles. The Morgan fingerprint density at radius 1 is 1.33 bits per heavy atom. The largest absolute Gasteiger partial charge is 0.327 e. The van der Waals surface area contributed by atoms with Crippen LogP contribution in [0.4, 0.5) is 0 Å². The Hall–Kier alpha value is -0.440. The van der Waals surface area contributed by atoms with Crippen LogP contribution in [0.3, 0.4) is 0 Å². The zero-order valence-corrected chi connectivity index (χ0v) is 10.8. The third kappa shape index (κ3) is 5.88. The normalized spacial score (nSPS) is 11.0. The van der Waals surface area contributed by atoms with Gasteiger partial charge in [-0.2, -0.15) is 0 Å². The number of benzene rings is 1. The molecule has 3 heteroatoms. The molecule has 0 saturated carbocycles. The van der Waals surface area contributed by atoms with Crippen molar-refractivity contribution in [3.8, 4) is 0 Å². The van der Waals surface area contributed by atoms with Crippen LogP contribution in [-0.4, -0.2) is 12.3 Å². The highest BCUT2D eigenvalue weighted by molar-refractivity contribution is 7.99. The molecule has 84 valence electrons. The van der Waals surface area contributed by atoms with Crippen molar-refractivity contribution in [1.82, 2.24) is 0 Å². The summed E-state index contributed by atoms with van der Waals surface area (Å²) in [5.74, 6) is 1.03. The van der Waals surface area contributed by atoms with Gasteiger partial charge in [-0.15, -0.1) is 24.2 Å². The highest BCUT2D eigenvalue weighted by Crippen LogP contribution is 2.20. The first-order valence-electron chi connectivity index (χ1n) is 4.77. The summed E-state index contributed by atoms with van der Waals surface area (Å²) in [6.07, 6.45) is 2.07. The van der Waals surface area contributed by atoms with Crippen LogP contribution >= 0.6 is 24.2 Å². The van der Waals surface area contributed by atoms with E-state index >= 15 is 0 Å². The van der Waals surface area contributed by atoms with Crippen molar-refractivity contribution in [1.29, 1.82) is 0 Å². The van der Waals surface area contributed by atoms with Gasteiger partial charge in [0, 0.05) is 17.2 Å². The van der Waals surface area contributed by atoms with Gasteiger partial charge in [0.15, 0.2) is 0 Å². The van der Waals surface area contributed by atoms with Crippen molar-refractivity contribution < 1.29 is 0 Å². The zero-order valence-electron chi connectivity index (χ0n) is 9.19. The number of hydrogen-bond acceptors (Lipinski definition) is 2. The molecule has 0 aromatic heterocycles. The predicted octanol–water partition coefficient (Wildman–Crippen LogP) is 3.41. The summed E-state index contributed by atoms with van der Waals surface area (Å²) < 4.78 is 0. The minimum absolute atomic E-state index is 0. The van der Waals surface area contributed by atoms with Crippen molar-refractivity contribution in [2.24, 2.45) is 5.73 Å². The first-order valence-corrected chi connectivity index (χ1v) is 5.76. The summed E-state index contributed by atoms with van der Waals surface area (Å²) in [5, 5.41) is 0. The second-order valence-corrected chi connectivity index (χ2v) is 4.44. The Bertz CT molecular complexity index is 306. The highest BCUT2D eigenvalue weighted by atomic mass is 35.5. The smallest absolute Gasteiger partial charge is 0.0188 e. The molecule has 1 rings (SSSR count). The number of aryl methyl sites for hydroxylation is 1. The molecular formula is C12H18ClNS. The fourth-order valence-corrected chi connectivity index (χ4v) is 1.93. The third-order valence-electron chi connectivity index (χ3n) is 1.95. The van der Waals surface area contributed by atoms with E-state index in [2.05, 4.69) is 44.2 Å². The monoisotopic (exact) mass is 243 g/mol. The minimum Gasteiger partial charge on any atom is -0.327 e. The fourth-order valence-electron chi connectivity index (χ4n) is 1.09. The Balaban J connectivity index is 0.00000196. The van der Waals surface area contributed by atoms with Gasteiger partial charge in [-0.1, -0.05) is 29.3 Å². The molecule has 0 fully saturated rings. The van der Waals surface area contributed by atoms with Gasteiger partial charge >= 0.3 is 0 Å². The lowest BCUT2D eigenvalue weighted by atomic mass is 10.2. The predicted molar refractivity (Wildman–Crippen MR) is 72.0 cm³/mol. The second kappa shape index (κ2) is 7.80. The van der Waals surface area contributed by atoms with Crippen molar-refractivity contribution in [2.75, 3.05) is 12.3 Å². The summed E-state index contributed by atoms with van der Waals surface area (Å²) in [6, 6.07) is 8.61. The Kier molecular flexibility index (Phi) is 7.57. The number of thioether (sulfide) groups is 1. The summed E-state index contributed by atoms with van der Waals surface area (Å²) in [5.41, 5.74) is 8.09. The van der Waals surface area contributed by atoms with Crippen LogP contribution < -0.4 is 5.73 Å². The van der Waals surface area contributed by atoms with E-state index in [1.807, 2.05) is 11.8 Å². The lowest BCUT2D eigenvalue weighted by Crippen LogP contribution is -1.95. The molecule has 15 heavy (non-hydrogen) atoms. The van der Waals surface area contributed by atoms with Gasteiger partial charge in [-0.05, 0) is 26.0 Å². The lowest BCUT2D eigenvalue weighted by molar-refractivity contribution is 1.21. The van der Waals surface area contributed by atoms with Gasteiger partial charge in [-0.25, -0.2) is 0 Å². The molecule has 0 aliphatic carbocycles. The molecule has 0 amide bonds. The molecule has 0 aliphatic rings. The quantitative estimate of drug-likeness (QED) is 0.648. The number of rotatable bonds is 4. The zero-order chi connectivity index (χ0) is 10.4. The molecule has 0 radical (unpaired) electrons. The van der Waals surface area contributed by atoms with Crippen molar-refractivity contribution in [2.45, 2.75) is 18.7 Å². The molecule has 0 spiro atoms. The van der Waals surface area contributed by atoms with Crippen LogP contribution in [0, 0.1) is 6.92 Å². The van der Waals surface area contributed by atoms with Crippen LogP contribution in [-0.2, 0) is 0 Å². The maximum Gasteiger partial charge on any atom is 0.0188 e. The van der Waals surface area contributed by atoms with Crippen molar-refractivity contribution >= 4 is 24.2 Å². The molecule has 0 atom stereocenters. The second-order valence-electron chi connectivity index (χ2n) is 3.39. The standard InChI is InChI=1S/C12H17NS.ClH/c1-10-3-5-12(6-4-10)14-9-11(2)7-8-13;/h3-7H,8-9,13H2,1-2H3;1H. The van der Waals surface area contributed by atoms with Crippen molar-refractivity contribution in [3.63, 3.8) is 0 Å². The van der Waals surface area contributed by atoms with Gasteiger partial charge < -0.3 is 5.73 Å². The summed E-state index contributed by atoms with van der Waals surface area (Å²) in [4.78, 5) is 1.32. The number of nitrogens with two attached hydrogens (primary N) is 1. The van der Waals surface area contributed by atoms with E-state index in [0.717, 1.165) is 5.75 Å². The maximum atomic E-state index is 5.43. The van der Waals surface area contributed by atoms with E-state index in [-0.39, 0.29) is 12.4 Å². The van der Waals surface area contributed by atoms with E-state index in [1.165, 1.54) is 16.0 Å². The molecular weight excluding hydrogens is 226 g/mol. The summed E-state index contributed by atoms with van der Waals surface area (Å²) in [6.45, 7) is 4.86. The van der Waals surface area contributed by atoms with E-state index < -0.39 is 0 Å². The first-order chi connectivity index (χ1) is 6.72. The molecule has 0 aliphatic heterocycles. The van der Waals surface area contributed by atoms with Gasteiger partial charge in [-0.3, -0.25) is 0 Å². The Labute approximate surface area is 103 Å². The molecule has 0 saturated heterocycles. The van der Waals surface area contributed by atoms with Gasteiger partial charge in [0.05, 0.1) is 0 Å². The van der Waals surface area contributed by atoms with Gasteiger partial charge in [0.1, 0.15) is 0 Å². The average Bonchev–Trinajstić information content (AvgIpc) is 2.17. The first kappa shape index (κ1) is 14.6. The third-order valence-corrected chi connectivity index (χ3v) is 3.16. The lowest BCUT2D eigenvalue weighted by Gasteiger charge is -2.02. The minimum atomic E-state index is 0.